The molecule has 0 radical (unpaired) electrons. The van der Waals surface area contributed by atoms with E-state index in [1.807, 2.05) is 4.90 Å². The average molecular weight is 415 g/mol. The highest BCUT2D eigenvalue weighted by molar-refractivity contribution is 6.08. The van der Waals surface area contributed by atoms with Gasteiger partial charge in [0.15, 0.2) is 0 Å². The molecule has 8 nitrogen and oxygen atoms in total. The number of carbonyl (C=O) groups is 3. The number of nitrogens with zero attached hydrogens (tertiary/aromatic N) is 2. The van der Waals surface area contributed by atoms with Gasteiger partial charge in [0.05, 0.1) is 17.9 Å². The molecule has 0 bridgehead atoms. The van der Waals surface area contributed by atoms with Crippen molar-refractivity contribution in [3.63, 3.8) is 0 Å². The summed E-state index contributed by atoms with van der Waals surface area (Å²) in [7, 11) is 0. The topological polar surface area (TPSA) is 99.2 Å². The number of anilines is 2. The lowest BCUT2D eigenvalue weighted by Crippen LogP contribution is -2.49. The summed E-state index contributed by atoms with van der Waals surface area (Å²) in [4.78, 5) is 39.5. The van der Waals surface area contributed by atoms with Crippen molar-refractivity contribution in [2.45, 2.75) is 6.92 Å². The van der Waals surface area contributed by atoms with Crippen LogP contribution in [-0.4, -0.2) is 60.8 Å². The van der Waals surface area contributed by atoms with E-state index in [1.165, 1.54) is 24.3 Å². The molecular weight excluding hydrogens is 393 g/mol. The monoisotopic (exact) mass is 415 g/mol. The lowest BCUT2D eigenvalue weighted by atomic mass is 10.1. The first kappa shape index (κ1) is 21.1. The summed E-state index contributed by atoms with van der Waals surface area (Å²) < 4.78 is 18.0. The van der Waals surface area contributed by atoms with Crippen molar-refractivity contribution in [2.75, 3.05) is 43.0 Å². The Labute approximate surface area is 172 Å². The number of benzene rings is 2. The molecule has 0 unspecified atom stereocenters. The zero-order chi connectivity index (χ0) is 21.7. The molecule has 3 rings (SSSR count). The van der Waals surface area contributed by atoms with Crippen LogP contribution in [0.25, 0.3) is 0 Å². The number of piperazine rings is 1. The Morgan fingerprint density at radius 3 is 2.33 bits per heavy atom. The molecule has 2 aromatic carbocycles. The highest BCUT2D eigenvalue weighted by Crippen LogP contribution is 2.25. The first-order valence-corrected chi connectivity index (χ1v) is 9.50. The molecule has 30 heavy (non-hydrogen) atoms. The predicted molar refractivity (Wildman–Crippen MR) is 109 cm³/mol. The van der Waals surface area contributed by atoms with Gasteiger partial charge in [-0.05, 0) is 49.4 Å². The molecule has 0 saturated carbocycles. The van der Waals surface area contributed by atoms with Crippen molar-refractivity contribution in [1.29, 1.82) is 0 Å². The molecular formula is C21H22FN3O5. The van der Waals surface area contributed by atoms with E-state index in [2.05, 4.69) is 5.32 Å². The maximum atomic E-state index is 13.0. The maximum absolute atomic E-state index is 13.0. The molecule has 0 atom stereocenters. The van der Waals surface area contributed by atoms with Crippen LogP contribution in [0.5, 0.6) is 0 Å². The third-order valence-corrected chi connectivity index (χ3v) is 4.76. The molecule has 9 heteroatoms. The molecule has 2 amide bonds. The second-order valence-corrected chi connectivity index (χ2v) is 6.67. The van der Waals surface area contributed by atoms with Crippen LogP contribution >= 0.6 is 0 Å². The summed E-state index contributed by atoms with van der Waals surface area (Å²) in [5.41, 5.74) is 0.976. The fraction of sp³-hybridized carbons (Fsp3) is 0.286. The van der Waals surface area contributed by atoms with Crippen molar-refractivity contribution < 1.29 is 28.6 Å². The molecule has 1 aliphatic heterocycles. The number of halogens is 1. The van der Waals surface area contributed by atoms with Gasteiger partial charge in [0.2, 0.25) is 0 Å². The largest absolute Gasteiger partial charge is 0.478 e. The summed E-state index contributed by atoms with van der Waals surface area (Å²) in [6, 6.07) is 9.69. The summed E-state index contributed by atoms with van der Waals surface area (Å²) in [5.74, 6) is -2.19. The SMILES string of the molecule is CCOC(=O)N1CCN(c2ccc(NC(=O)c3ccc(F)cc3)c(C(=O)O)c2)CC1. The van der Waals surface area contributed by atoms with E-state index < -0.39 is 17.7 Å². The number of ether oxygens (including phenoxy) is 1. The number of amides is 2. The van der Waals surface area contributed by atoms with Crippen molar-refractivity contribution in [1.82, 2.24) is 4.90 Å². The molecule has 2 N–H and O–H groups in total. The Bertz CT molecular complexity index is 940. The number of hydrogen-bond acceptors (Lipinski definition) is 5. The quantitative estimate of drug-likeness (QED) is 0.779. The zero-order valence-electron chi connectivity index (χ0n) is 16.4. The Hall–Kier alpha value is -3.62. The summed E-state index contributed by atoms with van der Waals surface area (Å²) >= 11 is 0. The Balaban J connectivity index is 1.73. The second kappa shape index (κ2) is 9.25. The van der Waals surface area contributed by atoms with E-state index in [-0.39, 0.29) is 22.9 Å². The van der Waals surface area contributed by atoms with Crippen LogP contribution in [0, 0.1) is 5.82 Å². The number of carboxylic acid groups (broad SMARTS) is 1. The third kappa shape index (κ3) is 4.86. The van der Waals surface area contributed by atoms with E-state index in [0.717, 1.165) is 12.1 Å². The molecule has 0 aromatic heterocycles. The zero-order valence-corrected chi connectivity index (χ0v) is 16.4. The van der Waals surface area contributed by atoms with E-state index >= 15 is 0 Å². The van der Waals surface area contributed by atoms with Crippen LogP contribution in [0.2, 0.25) is 0 Å². The molecule has 1 aliphatic rings. The van der Waals surface area contributed by atoms with Gasteiger partial charge in [0.25, 0.3) is 5.91 Å². The Morgan fingerprint density at radius 1 is 1.07 bits per heavy atom. The summed E-state index contributed by atoms with van der Waals surface area (Å²) in [6.45, 7) is 4.04. The molecule has 1 saturated heterocycles. The molecule has 2 aromatic rings. The van der Waals surface area contributed by atoms with Gasteiger partial charge in [0.1, 0.15) is 5.82 Å². The van der Waals surface area contributed by atoms with Crippen molar-refractivity contribution in [2.24, 2.45) is 0 Å². The third-order valence-electron chi connectivity index (χ3n) is 4.76. The van der Waals surface area contributed by atoms with Crippen LogP contribution in [0.15, 0.2) is 42.5 Å². The second-order valence-electron chi connectivity index (χ2n) is 6.67. The van der Waals surface area contributed by atoms with Crippen LogP contribution in [0.3, 0.4) is 0 Å². The number of hydrogen-bond donors (Lipinski definition) is 2. The fourth-order valence-corrected chi connectivity index (χ4v) is 3.17. The summed E-state index contributed by atoms with van der Waals surface area (Å²) in [6.07, 6.45) is -0.359. The first-order chi connectivity index (χ1) is 14.4. The van der Waals surface area contributed by atoms with Gasteiger partial charge >= 0.3 is 12.1 Å². The minimum absolute atomic E-state index is 0.0595. The first-order valence-electron chi connectivity index (χ1n) is 9.50. The minimum Gasteiger partial charge on any atom is -0.478 e. The van der Waals surface area contributed by atoms with Gasteiger partial charge in [-0.3, -0.25) is 4.79 Å². The van der Waals surface area contributed by atoms with Crippen LogP contribution in [-0.2, 0) is 4.74 Å². The smallest absolute Gasteiger partial charge is 0.409 e. The van der Waals surface area contributed by atoms with Crippen LogP contribution in [0.4, 0.5) is 20.6 Å². The van der Waals surface area contributed by atoms with E-state index in [0.29, 0.717) is 38.5 Å². The van der Waals surface area contributed by atoms with Crippen LogP contribution < -0.4 is 10.2 Å². The molecule has 0 aliphatic carbocycles. The van der Waals surface area contributed by atoms with Gasteiger partial charge in [0, 0.05) is 37.4 Å². The normalized spacial score (nSPS) is 13.7. The predicted octanol–water partition coefficient (Wildman–Crippen LogP) is 3.05. The number of carboxylic acids is 1. The van der Waals surface area contributed by atoms with Gasteiger partial charge in [-0.15, -0.1) is 0 Å². The standard InChI is InChI=1S/C21H22FN3O5/c1-2-30-21(29)25-11-9-24(10-12-25)16-7-8-18(17(13-16)20(27)28)23-19(26)14-3-5-15(22)6-4-14/h3-8,13H,2,9-12H2,1H3,(H,23,26)(H,27,28). The van der Waals surface area contributed by atoms with Crippen molar-refractivity contribution in [3.05, 3.63) is 59.4 Å². The average Bonchev–Trinajstić information content (AvgIpc) is 2.74. The lowest BCUT2D eigenvalue weighted by molar-refractivity contribution is 0.0698. The van der Waals surface area contributed by atoms with E-state index in [9.17, 15) is 23.9 Å². The van der Waals surface area contributed by atoms with Crippen molar-refractivity contribution >= 4 is 29.3 Å². The fourth-order valence-electron chi connectivity index (χ4n) is 3.17. The van der Waals surface area contributed by atoms with E-state index in [4.69, 9.17) is 4.74 Å². The molecule has 158 valence electrons. The van der Waals surface area contributed by atoms with Gasteiger partial charge in [-0.1, -0.05) is 0 Å². The van der Waals surface area contributed by atoms with Gasteiger partial charge in [-0.2, -0.15) is 0 Å². The van der Waals surface area contributed by atoms with Gasteiger partial charge < -0.3 is 25.0 Å². The maximum Gasteiger partial charge on any atom is 0.409 e. The number of nitrogens with one attached hydrogen (secondary N) is 1. The number of aromatic carboxylic acids is 1. The molecule has 0 spiro atoms. The number of rotatable bonds is 5. The lowest BCUT2D eigenvalue weighted by Gasteiger charge is -2.35. The Morgan fingerprint density at radius 2 is 1.73 bits per heavy atom. The van der Waals surface area contributed by atoms with Gasteiger partial charge in [-0.25, -0.2) is 14.0 Å². The molecule has 1 fully saturated rings. The van der Waals surface area contributed by atoms with Crippen LogP contribution in [0.1, 0.15) is 27.6 Å². The number of carbonyl (C=O) groups excluding carboxylic acids is 2. The molecule has 1 heterocycles. The van der Waals surface area contributed by atoms with Crippen molar-refractivity contribution in [3.8, 4) is 0 Å². The minimum atomic E-state index is -1.18. The Kier molecular flexibility index (Phi) is 6.51. The van der Waals surface area contributed by atoms with E-state index in [1.54, 1.807) is 17.9 Å². The highest BCUT2D eigenvalue weighted by atomic mass is 19.1. The highest BCUT2D eigenvalue weighted by Gasteiger charge is 2.23. The summed E-state index contributed by atoms with van der Waals surface area (Å²) in [5, 5.41) is 12.2.